The minimum absolute atomic E-state index is 0.0289. The number of nitrogens with zero attached hydrogens (tertiary/aromatic N) is 2. The van der Waals surface area contributed by atoms with Gasteiger partial charge >= 0.3 is 6.18 Å². The average molecular weight is 364 g/mol. The number of rotatable bonds is 4. The van der Waals surface area contributed by atoms with Crippen molar-refractivity contribution >= 4 is 17.5 Å². The van der Waals surface area contributed by atoms with Gasteiger partial charge in [0.2, 0.25) is 5.91 Å². The largest absolute Gasteiger partial charge is 0.436 e. The van der Waals surface area contributed by atoms with E-state index in [2.05, 4.69) is 10.4 Å². The summed E-state index contributed by atoms with van der Waals surface area (Å²) in [6, 6.07) is 0.0289. The number of halogens is 4. The molecule has 3 rings (SSSR count). The van der Waals surface area contributed by atoms with E-state index >= 15 is 0 Å². The van der Waals surface area contributed by atoms with Gasteiger partial charge in [-0.15, -0.1) is 0 Å². The molecular weight excluding hydrogens is 343 g/mol. The molecular formula is C16H21ClF3N3O. The topological polar surface area (TPSA) is 46.9 Å². The van der Waals surface area contributed by atoms with Crippen LogP contribution in [0.5, 0.6) is 0 Å². The van der Waals surface area contributed by atoms with Gasteiger partial charge in [-0.2, -0.15) is 18.3 Å². The second-order valence-electron chi connectivity index (χ2n) is 7.10. The van der Waals surface area contributed by atoms with Crippen LogP contribution in [-0.2, 0) is 17.5 Å². The van der Waals surface area contributed by atoms with Crippen molar-refractivity contribution in [2.45, 2.75) is 58.3 Å². The van der Waals surface area contributed by atoms with Crippen molar-refractivity contribution < 1.29 is 18.0 Å². The Morgan fingerprint density at radius 3 is 2.62 bits per heavy atom. The number of hydrogen-bond acceptors (Lipinski definition) is 2. The van der Waals surface area contributed by atoms with Crippen molar-refractivity contribution in [2.24, 2.45) is 17.8 Å². The summed E-state index contributed by atoms with van der Waals surface area (Å²) in [6.45, 7) is 3.15. The van der Waals surface area contributed by atoms with Crippen molar-refractivity contribution in [3.8, 4) is 0 Å². The number of carbonyl (C=O) groups is 1. The van der Waals surface area contributed by atoms with E-state index in [1.807, 2.05) is 6.92 Å². The zero-order valence-corrected chi connectivity index (χ0v) is 14.4. The molecule has 1 N–H and O–H groups in total. The number of alkyl halides is 3. The first-order valence-corrected chi connectivity index (χ1v) is 8.64. The molecule has 0 radical (unpaired) electrons. The molecule has 4 nitrogen and oxygen atoms in total. The summed E-state index contributed by atoms with van der Waals surface area (Å²) >= 11 is 5.70. The monoisotopic (exact) mass is 363 g/mol. The van der Waals surface area contributed by atoms with Crippen LogP contribution in [-0.4, -0.2) is 21.7 Å². The first-order valence-electron chi connectivity index (χ1n) is 8.26. The SMILES string of the molecule is Cc1c(Cl)c(C(F)(F)F)nn1CC(=O)N[C@@H](C)[C@H]1C[C@H]2CC[C@H]1C2. The third-order valence-corrected chi connectivity index (χ3v) is 5.97. The van der Waals surface area contributed by atoms with Crippen molar-refractivity contribution in [1.29, 1.82) is 0 Å². The van der Waals surface area contributed by atoms with Gasteiger partial charge in [-0.05, 0) is 50.9 Å². The Labute approximate surface area is 143 Å². The second kappa shape index (κ2) is 6.24. The molecule has 8 heteroatoms. The molecule has 1 aromatic rings. The van der Waals surface area contributed by atoms with E-state index in [1.165, 1.54) is 26.2 Å². The predicted molar refractivity (Wildman–Crippen MR) is 83.5 cm³/mol. The molecule has 24 heavy (non-hydrogen) atoms. The zero-order valence-electron chi connectivity index (χ0n) is 13.7. The number of nitrogens with one attached hydrogen (secondary N) is 1. The van der Waals surface area contributed by atoms with Crippen molar-refractivity contribution in [2.75, 3.05) is 0 Å². The molecule has 2 aliphatic rings. The van der Waals surface area contributed by atoms with Crippen LogP contribution in [0, 0.1) is 24.7 Å². The third-order valence-electron chi connectivity index (χ3n) is 5.52. The van der Waals surface area contributed by atoms with Gasteiger partial charge < -0.3 is 5.32 Å². The molecule has 134 valence electrons. The van der Waals surface area contributed by atoms with E-state index in [0.29, 0.717) is 11.8 Å². The van der Waals surface area contributed by atoms with Crippen LogP contribution < -0.4 is 5.32 Å². The van der Waals surface area contributed by atoms with Gasteiger partial charge in [-0.25, -0.2) is 0 Å². The van der Waals surface area contributed by atoms with Crippen molar-refractivity contribution in [1.82, 2.24) is 15.1 Å². The zero-order chi connectivity index (χ0) is 17.6. The van der Waals surface area contributed by atoms with Crippen LogP contribution in [0.2, 0.25) is 5.02 Å². The van der Waals surface area contributed by atoms with E-state index in [0.717, 1.165) is 17.0 Å². The van der Waals surface area contributed by atoms with Crippen molar-refractivity contribution in [3.63, 3.8) is 0 Å². The summed E-state index contributed by atoms with van der Waals surface area (Å²) in [7, 11) is 0. The molecule has 2 aliphatic carbocycles. The fourth-order valence-electron chi connectivity index (χ4n) is 4.31. The van der Waals surface area contributed by atoms with Crippen LogP contribution in [0.25, 0.3) is 0 Å². The highest BCUT2D eigenvalue weighted by Gasteiger charge is 2.42. The van der Waals surface area contributed by atoms with Crippen molar-refractivity contribution in [3.05, 3.63) is 16.4 Å². The van der Waals surface area contributed by atoms with Gasteiger partial charge in [0.15, 0.2) is 5.69 Å². The smallest absolute Gasteiger partial charge is 0.352 e. The number of aromatic nitrogens is 2. The Kier molecular flexibility index (Phi) is 4.57. The standard InChI is InChI=1S/C16H21ClF3N3O/c1-8(12-6-10-3-4-11(12)5-10)21-13(24)7-23-9(2)14(17)15(22-23)16(18,19)20/h8,10-12H,3-7H2,1-2H3,(H,21,24)/t8-,10-,11-,12+/m0/s1. The highest BCUT2D eigenvalue weighted by Crippen LogP contribution is 2.49. The first kappa shape index (κ1) is 17.6. The minimum Gasteiger partial charge on any atom is -0.352 e. The average Bonchev–Trinajstić information content (AvgIpc) is 3.17. The quantitative estimate of drug-likeness (QED) is 0.884. The number of amides is 1. The summed E-state index contributed by atoms with van der Waals surface area (Å²) < 4.78 is 39.5. The van der Waals surface area contributed by atoms with Gasteiger partial charge in [-0.1, -0.05) is 18.0 Å². The molecule has 1 aromatic heterocycles. The summed E-state index contributed by atoms with van der Waals surface area (Å²) in [5, 5.41) is 5.94. The molecule has 4 atom stereocenters. The Morgan fingerprint density at radius 1 is 1.42 bits per heavy atom. The predicted octanol–water partition coefficient (Wildman–Crippen LogP) is 3.80. The fourth-order valence-corrected chi connectivity index (χ4v) is 4.55. The molecule has 0 aliphatic heterocycles. The maximum absolute atomic E-state index is 12.8. The van der Waals surface area contributed by atoms with Crippen LogP contribution in [0.4, 0.5) is 13.2 Å². The number of fused-ring (bicyclic) bond motifs is 2. The van der Waals surface area contributed by atoms with Gasteiger partial charge in [0.1, 0.15) is 6.54 Å². The molecule has 1 heterocycles. The molecule has 2 bridgehead atoms. The lowest BCUT2D eigenvalue weighted by atomic mass is 9.84. The molecule has 0 aromatic carbocycles. The Morgan fingerprint density at radius 2 is 2.12 bits per heavy atom. The van der Waals surface area contributed by atoms with Crippen LogP contribution in [0.15, 0.2) is 0 Å². The van der Waals surface area contributed by atoms with E-state index in [4.69, 9.17) is 11.6 Å². The third kappa shape index (κ3) is 3.27. The van der Waals surface area contributed by atoms with Gasteiger partial charge in [0.25, 0.3) is 0 Å². The molecule has 2 saturated carbocycles. The molecule has 0 spiro atoms. The maximum Gasteiger partial charge on any atom is 0.436 e. The van der Waals surface area contributed by atoms with E-state index in [-0.39, 0.29) is 24.2 Å². The van der Waals surface area contributed by atoms with E-state index in [1.54, 1.807) is 0 Å². The Bertz CT molecular complexity index is 643. The molecule has 0 unspecified atom stereocenters. The van der Waals surface area contributed by atoms with E-state index < -0.39 is 16.9 Å². The van der Waals surface area contributed by atoms with Gasteiger partial charge in [0, 0.05) is 6.04 Å². The summed E-state index contributed by atoms with van der Waals surface area (Å²) in [4.78, 5) is 12.2. The lowest BCUT2D eigenvalue weighted by Gasteiger charge is -2.28. The summed E-state index contributed by atoms with van der Waals surface area (Å²) in [5.74, 6) is 1.59. The lowest BCUT2D eigenvalue weighted by Crippen LogP contribution is -2.41. The Hall–Kier alpha value is -1.24. The first-order chi connectivity index (χ1) is 11.2. The van der Waals surface area contributed by atoms with Gasteiger partial charge in [0.05, 0.1) is 10.7 Å². The summed E-state index contributed by atoms with van der Waals surface area (Å²) in [6.07, 6.45) is 0.260. The Balaban J connectivity index is 1.63. The highest BCUT2D eigenvalue weighted by molar-refractivity contribution is 6.32. The minimum atomic E-state index is -4.63. The van der Waals surface area contributed by atoms with Gasteiger partial charge in [-0.3, -0.25) is 9.48 Å². The number of carbonyl (C=O) groups excluding carboxylic acids is 1. The lowest BCUT2D eigenvalue weighted by molar-refractivity contribution is -0.141. The fraction of sp³-hybridized carbons (Fsp3) is 0.750. The molecule has 1 amide bonds. The highest BCUT2D eigenvalue weighted by atomic mass is 35.5. The molecule has 2 fully saturated rings. The normalized spacial score (nSPS) is 27.5. The maximum atomic E-state index is 12.8. The summed E-state index contributed by atoms with van der Waals surface area (Å²) in [5.41, 5.74) is -0.998. The van der Waals surface area contributed by atoms with Crippen LogP contribution >= 0.6 is 11.6 Å². The number of hydrogen-bond donors (Lipinski definition) is 1. The van der Waals surface area contributed by atoms with Crippen LogP contribution in [0.3, 0.4) is 0 Å². The second-order valence-corrected chi connectivity index (χ2v) is 7.48. The van der Waals surface area contributed by atoms with E-state index in [9.17, 15) is 18.0 Å². The molecule has 0 saturated heterocycles. The van der Waals surface area contributed by atoms with Crippen LogP contribution in [0.1, 0.15) is 44.0 Å².